The summed E-state index contributed by atoms with van der Waals surface area (Å²) in [5.74, 6) is 1.59. The van der Waals surface area contributed by atoms with Crippen LogP contribution < -0.4 is 14.8 Å². The third-order valence-electron chi connectivity index (χ3n) is 2.83. The van der Waals surface area contributed by atoms with Crippen LogP contribution in [0.1, 0.15) is 0 Å². The van der Waals surface area contributed by atoms with Gasteiger partial charge in [-0.1, -0.05) is 22.0 Å². The van der Waals surface area contributed by atoms with E-state index in [1.165, 1.54) is 11.8 Å². The van der Waals surface area contributed by atoms with Gasteiger partial charge in [0.25, 0.3) is 0 Å². The number of carbonyl (C=O) groups is 1. The molecule has 1 N–H and O–H groups in total. The fourth-order valence-electron chi connectivity index (χ4n) is 1.82. The van der Waals surface area contributed by atoms with E-state index in [4.69, 9.17) is 9.47 Å². The first kappa shape index (κ1) is 16.7. The van der Waals surface area contributed by atoms with Gasteiger partial charge < -0.3 is 14.8 Å². The third kappa shape index (κ3) is 4.68. The summed E-state index contributed by atoms with van der Waals surface area (Å²) in [6.45, 7) is 0. The van der Waals surface area contributed by atoms with E-state index in [1.54, 1.807) is 14.2 Å². The first-order valence-corrected chi connectivity index (χ1v) is 8.30. The highest BCUT2D eigenvalue weighted by atomic mass is 79.9. The van der Waals surface area contributed by atoms with Crippen LogP contribution in [0.4, 0.5) is 5.69 Å². The van der Waals surface area contributed by atoms with Gasteiger partial charge >= 0.3 is 0 Å². The maximum absolute atomic E-state index is 12.0. The maximum Gasteiger partial charge on any atom is 0.234 e. The summed E-state index contributed by atoms with van der Waals surface area (Å²) in [6, 6.07) is 13.1. The standard InChI is InChI=1S/C16H16BrNO3S/c1-20-14-7-6-13(9-15(14)21-2)22-10-16(19)18-12-5-3-4-11(17)8-12/h3-9H,10H2,1-2H3,(H,18,19). The minimum Gasteiger partial charge on any atom is -0.493 e. The van der Waals surface area contributed by atoms with Crippen LogP contribution in [0.3, 0.4) is 0 Å². The van der Waals surface area contributed by atoms with Crippen molar-refractivity contribution in [2.24, 2.45) is 0 Å². The lowest BCUT2D eigenvalue weighted by molar-refractivity contribution is -0.113. The zero-order chi connectivity index (χ0) is 15.9. The Balaban J connectivity index is 1.93. The summed E-state index contributed by atoms with van der Waals surface area (Å²) in [5, 5.41) is 2.86. The average molecular weight is 382 g/mol. The molecule has 0 aliphatic heterocycles. The molecule has 22 heavy (non-hydrogen) atoms. The van der Waals surface area contributed by atoms with E-state index < -0.39 is 0 Å². The van der Waals surface area contributed by atoms with Crippen molar-refractivity contribution in [2.75, 3.05) is 25.3 Å². The summed E-state index contributed by atoms with van der Waals surface area (Å²) in [5.41, 5.74) is 0.771. The molecule has 2 aromatic carbocycles. The molecule has 0 saturated carbocycles. The molecule has 0 aliphatic rings. The van der Waals surface area contributed by atoms with Gasteiger partial charge in [0.1, 0.15) is 0 Å². The number of benzene rings is 2. The van der Waals surface area contributed by atoms with Crippen molar-refractivity contribution in [1.82, 2.24) is 0 Å². The van der Waals surface area contributed by atoms with Crippen LogP contribution in [-0.4, -0.2) is 25.9 Å². The molecule has 1 amide bonds. The normalized spacial score (nSPS) is 10.1. The first-order chi connectivity index (χ1) is 10.6. The zero-order valence-electron chi connectivity index (χ0n) is 12.3. The summed E-state index contributed by atoms with van der Waals surface area (Å²) in [7, 11) is 3.18. The van der Waals surface area contributed by atoms with E-state index in [0.717, 1.165) is 15.1 Å². The van der Waals surface area contributed by atoms with Crippen molar-refractivity contribution in [3.05, 3.63) is 46.9 Å². The Morgan fingerprint density at radius 2 is 1.91 bits per heavy atom. The van der Waals surface area contributed by atoms with Gasteiger partial charge in [-0.05, 0) is 36.4 Å². The highest BCUT2D eigenvalue weighted by Gasteiger charge is 2.08. The molecule has 4 nitrogen and oxygen atoms in total. The highest BCUT2D eigenvalue weighted by Crippen LogP contribution is 2.31. The van der Waals surface area contributed by atoms with Crippen LogP contribution in [0.2, 0.25) is 0 Å². The molecule has 0 aromatic heterocycles. The molecule has 2 aromatic rings. The summed E-state index contributed by atoms with van der Waals surface area (Å²) in [6.07, 6.45) is 0. The predicted molar refractivity (Wildman–Crippen MR) is 93.0 cm³/mol. The topological polar surface area (TPSA) is 47.6 Å². The van der Waals surface area contributed by atoms with Crippen LogP contribution in [-0.2, 0) is 4.79 Å². The molecule has 0 saturated heterocycles. The quantitative estimate of drug-likeness (QED) is 0.761. The smallest absolute Gasteiger partial charge is 0.234 e. The highest BCUT2D eigenvalue weighted by molar-refractivity contribution is 9.10. The number of anilines is 1. The number of amides is 1. The molecule has 6 heteroatoms. The third-order valence-corrected chi connectivity index (χ3v) is 4.32. The number of thioether (sulfide) groups is 1. The van der Waals surface area contributed by atoms with E-state index in [9.17, 15) is 4.79 Å². The first-order valence-electron chi connectivity index (χ1n) is 6.52. The van der Waals surface area contributed by atoms with Crippen molar-refractivity contribution >= 4 is 39.3 Å². The lowest BCUT2D eigenvalue weighted by Gasteiger charge is -2.09. The SMILES string of the molecule is COc1ccc(SCC(=O)Nc2cccc(Br)c2)cc1OC. The van der Waals surface area contributed by atoms with Crippen molar-refractivity contribution in [3.8, 4) is 11.5 Å². The number of nitrogens with one attached hydrogen (secondary N) is 1. The Hall–Kier alpha value is -1.66. The molecule has 0 aliphatic carbocycles. The number of methoxy groups -OCH3 is 2. The largest absolute Gasteiger partial charge is 0.493 e. The maximum atomic E-state index is 12.0. The van der Waals surface area contributed by atoms with E-state index in [0.29, 0.717) is 17.3 Å². The molecule has 0 radical (unpaired) electrons. The number of hydrogen-bond acceptors (Lipinski definition) is 4. The number of rotatable bonds is 6. The van der Waals surface area contributed by atoms with Crippen LogP contribution in [0.5, 0.6) is 11.5 Å². The molecule has 116 valence electrons. The van der Waals surface area contributed by atoms with Gasteiger partial charge in [-0.3, -0.25) is 4.79 Å². The van der Waals surface area contributed by atoms with Crippen molar-refractivity contribution in [3.63, 3.8) is 0 Å². The lowest BCUT2D eigenvalue weighted by atomic mass is 10.3. The fraction of sp³-hybridized carbons (Fsp3) is 0.188. The molecule has 2 rings (SSSR count). The fourth-order valence-corrected chi connectivity index (χ4v) is 2.94. The van der Waals surface area contributed by atoms with E-state index in [-0.39, 0.29) is 5.91 Å². The lowest BCUT2D eigenvalue weighted by Crippen LogP contribution is -2.13. The Bertz CT molecular complexity index is 664. The summed E-state index contributed by atoms with van der Waals surface area (Å²) >= 11 is 4.82. The number of halogens is 1. The Morgan fingerprint density at radius 3 is 2.59 bits per heavy atom. The van der Waals surface area contributed by atoms with E-state index in [2.05, 4.69) is 21.2 Å². The van der Waals surface area contributed by atoms with Gasteiger partial charge in [-0.25, -0.2) is 0 Å². The molecule has 0 unspecified atom stereocenters. The Kier molecular flexibility index (Phi) is 6.15. The van der Waals surface area contributed by atoms with Crippen LogP contribution in [0.25, 0.3) is 0 Å². The van der Waals surface area contributed by atoms with Gasteiger partial charge in [0.05, 0.1) is 20.0 Å². The van der Waals surface area contributed by atoms with E-state index in [1.807, 2.05) is 42.5 Å². The second-order valence-electron chi connectivity index (χ2n) is 4.36. The van der Waals surface area contributed by atoms with Gasteiger partial charge in [-0.2, -0.15) is 0 Å². The number of ether oxygens (including phenoxy) is 2. The average Bonchev–Trinajstić information content (AvgIpc) is 2.52. The monoisotopic (exact) mass is 381 g/mol. The van der Waals surface area contributed by atoms with Crippen LogP contribution >= 0.6 is 27.7 Å². The van der Waals surface area contributed by atoms with Gasteiger partial charge in [0, 0.05) is 15.1 Å². The minimum absolute atomic E-state index is 0.0575. The van der Waals surface area contributed by atoms with Crippen molar-refractivity contribution < 1.29 is 14.3 Å². The molecule has 0 atom stereocenters. The van der Waals surface area contributed by atoms with Crippen molar-refractivity contribution in [2.45, 2.75) is 4.90 Å². The van der Waals surface area contributed by atoms with E-state index >= 15 is 0 Å². The zero-order valence-corrected chi connectivity index (χ0v) is 14.7. The van der Waals surface area contributed by atoms with Crippen molar-refractivity contribution in [1.29, 1.82) is 0 Å². The van der Waals surface area contributed by atoms with Crippen LogP contribution in [0, 0.1) is 0 Å². The molecule has 0 fully saturated rings. The summed E-state index contributed by atoms with van der Waals surface area (Å²) < 4.78 is 11.4. The number of carbonyl (C=O) groups excluding carboxylic acids is 1. The Morgan fingerprint density at radius 1 is 1.14 bits per heavy atom. The van der Waals surface area contributed by atoms with Gasteiger partial charge in [0.2, 0.25) is 5.91 Å². The second-order valence-corrected chi connectivity index (χ2v) is 6.33. The summed E-state index contributed by atoms with van der Waals surface area (Å²) in [4.78, 5) is 12.9. The Labute approximate surface area is 142 Å². The molecule has 0 heterocycles. The molecular weight excluding hydrogens is 366 g/mol. The number of hydrogen-bond donors (Lipinski definition) is 1. The van der Waals surface area contributed by atoms with Crippen LogP contribution in [0.15, 0.2) is 51.8 Å². The molecular formula is C16H16BrNO3S. The van der Waals surface area contributed by atoms with Gasteiger partial charge in [0.15, 0.2) is 11.5 Å². The molecule has 0 bridgehead atoms. The molecule has 0 spiro atoms. The predicted octanol–water partition coefficient (Wildman–Crippen LogP) is 4.20. The second kappa shape index (κ2) is 8.10. The minimum atomic E-state index is -0.0575. The van der Waals surface area contributed by atoms with Gasteiger partial charge in [-0.15, -0.1) is 11.8 Å².